The van der Waals surface area contributed by atoms with E-state index in [1.54, 1.807) is 66.8 Å². The van der Waals surface area contributed by atoms with E-state index in [2.05, 4.69) is 22.9 Å². The Morgan fingerprint density at radius 2 is 1.63 bits per heavy atom. The van der Waals surface area contributed by atoms with Crippen molar-refractivity contribution < 1.29 is 19.4 Å². The van der Waals surface area contributed by atoms with E-state index in [0.717, 1.165) is 36.2 Å². The molecule has 5 rings (SSSR count). The van der Waals surface area contributed by atoms with Crippen LogP contribution >= 0.6 is 24.0 Å². The second-order valence-corrected chi connectivity index (χ2v) is 9.46. The number of carboxylic acid groups (broad SMARTS) is 1. The third kappa shape index (κ3) is 8.29. The highest BCUT2D eigenvalue weighted by Crippen LogP contribution is 2.23. The summed E-state index contributed by atoms with van der Waals surface area (Å²) < 4.78 is 7.04. The lowest BCUT2D eigenvalue weighted by Gasteiger charge is -2.10. The number of thiazole rings is 1. The Morgan fingerprint density at radius 3 is 2.23 bits per heavy atom. The number of ketones is 1. The van der Waals surface area contributed by atoms with Crippen LogP contribution in [-0.4, -0.2) is 48.1 Å². The third-order valence-electron chi connectivity index (χ3n) is 5.18. The van der Waals surface area contributed by atoms with Crippen LogP contribution in [0.5, 0.6) is 0 Å². The molecule has 2 heterocycles. The zero-order chi connectivity index (χ0) is 25.0. The maximum absolute atomic E-state index is 12.2. The van der Waals surface area contributed by atoms with Gasteiger partial charge in [-0.1, -0.05) is 60.7 Å². The molecule has 2 N–H and O–H groups in total. The number of fused-ring (bicyclic) bond motifs is 1. The zero-order valence-corrected chi connectivity index (χ0v) is 21.1. The molecular weight excluding hydrogens is 480 g/mol. The van der Waals surface area contributed by atoms with Crippen LogP contribution in [0.2, 0.25) is 0 Å². The van der Waals surface area contributed by atoms with E-state index in [1.807, 2.05) is 30.3 Å². The monoisotopic (exact) mass is 508 g/mol. The zero-order valence-electron chi connectivity index (χ0n) is 19.4. The molecule has 1 aliphatic rings. The summed E-state index contributed by atoms with van der Waals surface area (Å²) in [5, 5.41) is 12.2. The Labute approximate surface area is 214 Å². The summed E-state index contributed by atoms with van der Waals surface area (Å²) in [6, 6.07) is 23.8. The molecule has 0 spiro atoms. The van der Waals surface area contributed by atoms with E-state index in [-0.39, 0.29) is 5.78 Å². The van der Waals surface area contributed by atoms with Crippen molar-refractivity contribution in [1.82, 2.24) is 10.3 Å². The van der Waals surface area contributed by atoms with Crippen LogP contribution in [0.4, 0.5) is 0 Å². The van der Waals surface area contributed by atoms with Crippen molar-refractivity contribution in [1.29, 1.82) is 0 Å². The van der Waals surface area contributed by atoms with E-state index in [0.29, 0.717) is 16.7 Å². The van der Waals surface area contributed by atoms with Gasteiger partial charge in [-0.2, -0.15) is 0 Å². The summed E-state index contributed by atoms with van der Waals surface area (Å²) in [5.74, 6) is -1.62. The fourth-order valence-corrected chi connectivity index (χ4v) is 4.33. The molecule has 6 nitrogen and oxygen atoms in total. The first-order valence-corrected chi connectivity index (χ1v) is 12.5. The normalized spacial score (nSPS) is 13.5. The number of thiol groups is 1. The standard InChI is InChI=1S/C16H14O3.C7H5NS2.C4H9NO/c1-11(16(18)19)13-8-5-9-14(10-13)15(17)12-6-3-2-4-7-12;9-7-8-5-3-1-2-4-6(5)10-7;1-3-6-4-2-5-1/h2-11H,1H3,(H,18,19);1-4H,(H,8,9);5H,1-4H2. The van der Waals surface area contributed by atoms with Gasteiger partial charge in [-0.25, -0.2) is 4.98 Å². The number of ether oxygens (including phenoxy) is 1. The molecule has 0 amide bonds. The van der Waals surface area contributed by atoms with E-state index in [4.69, 9.17) is 9.84 Å². The lowest BCUT2D eigenvalue weighted by atomic mass is 9.96. The Hall–Kier alpha value is -3.04. The molecule has 1 atom stereocenters. The smallest absolute Gasteiger partial charge is 0.310 e. The molecule has 3 aromatic carbocycles. The van der Waals surface area contributed by atoms with Crippen molar-refractivity contribution in [3.05, 3.63) is 95.6 Å². The van der Waals surface area contributed by atoms with Gasteiger partial charge in [-0.15, -0.1) is 24.0 Å². The summed E-state index contributed by atoms with van der Waals surface area (Å²) in [6.45, 7) is 5.44. The number of aliphatic carboxylic acids is 1. The van der Waals surface area contributed by atoms with Gasteiger partial charge in [0.05, 0.1) is 29.3 Å². The molecule has 1 aliphatic heterocycles. The number of morpholine rings is 1. The van der Waals surface area contributed by atoms with Crippen molar-refractivity contribution in [2.75, 3.05) is 26.3 Å². The Bertz CT molecular complexity index is 1200. The molecule has 35 heavy (non-hydrogen) atoms. The Kier molecular flexibility index (Phi) is 10.4. The first kappa shape index (κ1) is 26.6. The lowest BCUT2D eigenvalue weighted by Crippen LogP contribution is -2.30. The van der Waals surface area contributed by atoms with Crippen molar-refractivity contribution in [3.8, 4) is 0 Å². The summed E-state index contributed by atoms with van der Waals surface area (Å²) >= 11 is 5.76. The maximum Gasteiger partial charge on any atom is 0.310 e. The van der Waals surface area contributed by atoms with Gasteiger partial charge in [0, 0.05) is 24.2 Å². The molecule has 0 aliphatic carbocycles. The predicted molar refractivity (Wildman–Crippen MR) is 143 cm³/mol. The molecule has 4 aromatic rings. The largest absolute Gasteiger partial charge is 0.481 e. The van der Waals surface area contributed by atoms with Gasteiger partial charge in [-0.05, 0) is 30.7 Å². The van der Waals surface area contributed by atoms with Gasteiger partial charge >= 0.3 is 5.97 Å². The highest BCUT2D eigenvalue weighted by molar-refractivity contribution is 7.82. The van der Waals surface area contributed by atoms with Crippen LogP contribution in [-0.2, 0) is 9.53 Å². The van der Waals surface area contributed by atoms with E-state index < -0.39 is 11.9 Å². The number of nitrogens with one attached hydrogen (secondary N) is 1. The number of hydrogen-bond acceptors (Lipinski definition) is 7. The minimum Gasteiger partial charge on any atom is -0.481 e. The van der Waals surface area contributed by atoms with Gasteiger partial charge in [-0.3, -0.25) is 9.59 Å². The van der Waals surface area contributed by atoms with Crippen LogP contribution < -0.4 is 5.32 Å². The molecule has 1 fully saturated rings. The fraction of sp³-hybridized carbons (Fsp3) is 0.222. The predicted octanol–water partition coefficient (Wildman–Crippen LogP) is 5.30. The van der Waals surface area contributed by atoms with E-state index in [9.17, 15) is 9.59 Å². The van der Waals surface area contributed by atoms with E-state index >= 15 is 0 Å². The number of hydrogen-bond donors (Lipinski definition) is 3. The van der Waals surface area contributed by atoms with Crippen LogP contribution in [0.3, 0.4) is 0 Å². The highest BCUT2D eigenvalue weighted by Gasteiger charge is 2.16. The first-order chi connectivity index (χ1) is 17.0. The molecule has 182 valence electrons. The van der Waals surface area contributed by atoms with Crippen LogP contribution in [0.1, 0.15) is 34.3 Å². The van der Waals surface area contributed by atoms with Gasteiger partial charge in [0.15, 0.2) is 5.78 Å². The second-order valence-electron chi connectivity index (χ2n) is 7.71. The summed E-state index contributed by atoms with van der Waals surface area (Å²) in [6.07, 6.45) is 0. The number of nitrogens with zero attached hydrogens (tertiary/aromatic N) is 1. The quantitative estimate of drug-likeness (QED) is 0.256. The summed E-state index contributed by atoms with van der Waals surface area (Å²) in [5.41, 5.74) is 2.78. The van der Waals surface area contributed by atoms with Crippen LogP contribution in [0.25, 0.3) is 10.2 Å². The fourth-order valence-electron chi connectivity index (χ4n) is 3.22. The minimum atomic E-state index is -0.899. The molecule has 1 saturated heterocycles. The number of benzene rings is 3. The van der Waals surface area contributed by atoms with Gasteiger partial charge in [0.25, 0.3) is 0 Å². The number of carbonyl (C=O) groups excluding carboxylic acids is 1. The number of carboxylic acids is 1. The second kappa shape index (κ2) is 13.7. The topological polar surface area (TPSA) is 88.5 Å². The average molecular weight is 509 g/mol. The Balaban J connectivity index is 0.000000175. The molecule has 0 radical (unpaired) electrons. The van der Waals surface area contributed by atoms with Gasteiger partial charge in [0.1, 0.15) is 4.34 Å². The molecule has 8 heteroatoms. The van der Waals surface area contributed by atoms with Crippen LogP contribution in [0, 0.1) is 0 Å². The number of rotatable bonds is 4. The van der Waals surface area contributed by atoms with Crippen molar-refractivity contribution in [2.24, 2.45) is 0 Å². The SMILES string of the molecule is C1COCCN1.CC(C(=O)O)c1cccc(C(=O)c2ccccc2)c1.Sc1nc2ccccc2s1. The molecule has 0 bridgehead atoms. The van der Waals surface area contributed by atoms with Crippen LogP contribution in [0.15, 0.2) is 83.2 Å². The summed E-state index contributed by atoms with van der Waals surface area (Å²) in [4.78, 5) is 27.4. The molecular formula is C27H28N2O4S2. The molecule has 1 aromatic heterocycles. The summed E-state index contributed by atoms with van der Waals surface area (Å²) in [7, 11) is 0. The number of para-hydroxylation sites is 1. The highest BCUT2D eigenvalue weighted by atomic mass is 32.2. The first-order valence-electron chi connectivity index (χ1n) is 11.2. The van der Waals surface area contributed by atoms with Crippen molar-refractivity contribution in [2.45, 2.75) is 17.2 Å². The minimum absolute atomic E-state index is 0.0972. The Morgan fingerprint density at radius 1 is 0.971 bits per heavy atom. The average Bonchev–Trinajstić information content (AvgIpc) is 3.30. The van der Waals surface area contributed by atoms with Gasteiger partial charge < -0.3 is 15.2 Å². The van der Waals surface area contributed by atoms with Crippen molar-refractivity contribution >= 4 is 45.9 Å². The maximum atomic E-state index is 12.2. The number of carbonyl (C=O) groups is 2. The number of aromatic nitrogens is 1. The third-order valence-corrected chi connectivity index (χ3v) is 6.40. The van der Waals surface area contributed by atoms with E-state index in [1.165, 1.54) is 4.70 Å². The molecule has 0 saturated carbocycles. The lowest BCUT2D eigenvalue weighted by molar-refractivity contribution is -0.138. The van der Waals surface area contributed by atoms with Crippen molar-refractivity contribution in [3.63, 3.8) is 0 Å². The molecule has 1 unspecified atom stereocenters. The van der Waals surface area contributed by atoms with Gasteiger partial charge in [0.2, 0.25) is 0 Å².